The van der Waals surface area contributed by atoms with E-state index in [0.717, 1.165) is 5.56 Å². The largest absolute Gasteiger partial charge is 0.348 e. The highest BCUT2D eigenvalue weighted by Gasteiger charge is 2.04. The molecule has 0 spiro atoms. The third-order valence-corrected chi connectivity index (χ3v) is 2.45. The molecule has 0 unspecified atom stereocenters. The van der Waals surface area contributed by atoms with Gasteiger partial charge in [0, 0.05) is 24.5 Å². The summed E-state index contributed by atoms with van der Waals surface area (Å²) in [6, 6.07) is 12.5. The second-order valence-corrected chi connectivity index (χ2v) is 3.73. The third kappa shape index (κ3) is 2.92. The van der Waals surface area contributed by atoms with Crippen molar-refractivity contribution in [2.45, 2.75) is 6.54 Å². The Hall–Kier alpha value is -2.67. The average Bonchev–Trinajstić information content (AvgIpc) is 2.46. The van der Waals surface area contributed by atoms with Gasteiger partial charge in [-0.2, -0.15) is 5.26 Å². The highest BCUT2D eigenvalue weighted by Crippen LogP contribution is 2.04. The number of pyridine rings is 1. The van der Waals surface area contributed by atoms with Gasteiger partial charge >= 0.3 is 0 Å². The van der Waals surface area contributed by atoms with Gasteiger partial charge in [0.05, 0.1) is 11.6 Å². The lowest BCUT2D eigenvalue weighted by atomic mass is 10.1. The molecule has 88 valence electrons. The normalized spacial score (nSPS) is 9.50. The van der Waals surface area contributed by atoms with Gasteiger partial charge in [0.25, 0.3) is 5.91 Å². The summed E-state index contributed by atoms with van der Waals surface area (Å²) in [6.45, 7) is 0.399. The Labute approximate surface area is 105 Å². The van der Waals surface area contributed by atoms with Gasteiger partial charge in [0.2, 0.25) is 0 Å². The molecule has 2 rings (SSSR count). The first-order valence-corrected chi connectivity index (χ1v) is 5.47. The van der Waals surface area contributed by atoms with Crippen LogP contribution in [-0.4, -0.2) is 10.9 Å². The molecule has 0 aliphatic carbocycles. The van der Waals surface area contributed by atoms with Crippen LogP contribution in [0.1, 0.15) is 21.5 Å². The Morgan fingerprint density at radius 1 is 1.28 bits per heavy atom. The highest BCUT2D eigenvalue weighted by atomic mass is 16.1. The second-order valence-electron chi connectivity index (χ2n) is 3.73. The summed E-state index contributed by atoms with van der Waals surface area (Å²) in [5.41, 5.74) is 2.06. The minimum Gasteiger partial charge on any atom is -0.348 e. The summed E-state index contributed by atoms with van der Waals surface area (Å²) in [6.07, 6.45) is 3.15. The minimum absolute atomic E-state index is 0.153. The Morgan fingerprint density at radius 3 is 2.78 bits per heavy atom. The molecule has 4 heteroatoms. The third-order valence-electron chi connectivity index (χ3n) is 2.45. The van der Waals surface area contributed by atoms with Crippen LogP contribution < -0.4 is 5.32 Å². The van der Waals surface area contributed by atoms with Crippen molar-refractivity contribution in [1.82, 2.24) is 10.3 Å². The fraction of sp³-hybridized carbons (Fsp3) is 0.0714. The van der Waals surface area contributed by atoms with E-state index in [2.05, 4.69) is 16.4 Å². The summed E-state index contributed by atoms with van der Waals surface area (Å²) >= 11 is 0. The van der Waals surface area contributed by atoms with Crippen molar-refractivity contribution in [3.8, 4) is 6.07 Å². The van der Waals surface area contributed by atoms with Gasteiger partial charge in [-0.05, 0) is 29.8 Å². The zero-order chi connectivity index (χ0) is 12.8. The number of benzene rings is 1. The molecule has 1 N–H and O–H groups in total. The lowest BCUT2D eigenvalue weighted by Gasteiger charge is -2.05. The number of hydrogen-bond donors (Lipinski definition) is 1. The van der Waals surface area contributed by atoms with E-state index in [4.69, 9.17) is 5.26 Å². The summed E-state index contributed by atoms with van der Waals surface area (Å²) in [5, 5.41) is 11.6. The molecule has 18 heavy (non-hydrogen) atoms. The van der Waals surface area contributed by atoms with Crippen LogP contribution in [0.2, 0.25) is 0 Å². The molecule has 0 saturated carbocycles. The van der Waals surface area contributed by atoms with Crippen molar-refractivity contribution in [3.05, 3.63) is 65.5 Å². The maximum atomic E-state index is 11.8. The van der Waals surface area contributed by atoms with Crippen LogP contribution in [0, 0.1) is 11.3 Å². The Bertz CT molecular complexity index is 587. The smallest absolute Gasteiger partial charge is 0.251 e. The topological polar surface area (TPSA) is 65.8 Å². The molecule has 0 aliphatic heterocycles. The Kier molecular flexibility index (Phi) is 3.67. The minimum atomic E-state index is -0.153. The maximum absolute atomic E-state index is 11.8. The zero-order valence-corrected chi connectivity index (χ0v) is 9.63. The van der Waals surface area contributed by atoms with E-state index in [9.17, 15) is 4.79 Å². The summed E-state index contributed by atoms with van der Waals surface area (Å²) in [7, 11) is 0. The van der Waals surface area contributed by atoms with Crippen molar-refractivity contribution in [3.63, 3.8) is 0 Å². The van der Waals surface area contributed by atoms with E-state index < -0.39 is 0 Å². The predicted octanol–water partition coefficient (Wildman–Crippen LogP) is 1.88. The number of rotatable bonds is 3. The Balaban J connectivity index is 2.00. The monoisotopic (exact) mass is 237 g/mol. The van der Waals surface area contributed by atoms with Gasteiger partial charge in [-0.3, -0.25) is 9.78 Å². The van der Waals surface area contributed by atoms with Gasteiger partial charge in [-0.25, -0.2) is 0 Å². The summed E-state index contributed by atoms with van der Waals surface area (Å²) in [4.78, 5) is 15.6. The lowest BCUT2D eigenvalue weighted by Crippen LogP contribution is -2.22. The number of amides is 1. The number of nitrogens with zero attached hydrogens (tertiary/aromatic N) is 2. The molecule has 2 aromatic rings. The summed E-state index contributed by atoms with van der Waals surface area (Å²) < 4.78 is 0. The number of nitriles is 1. The van der Waals surface area contributed by atoms with Crippen LogP contribution >= 0.6 is 0 Å². The molecule has 0 radical (unpaired) electrons. The Morgan fingerprint density at radius 2 is 2.06 bits per heavy atom. The number of carbonyl (C=O) groups is 1. The molecular formula is C14H11N3O. The van der Waals surface area contributed by atoms with Crippen LogP contribution in [-0.2, 0) is 6.54 Å². The van der Waals surface area contributed by atoms with E-state index in [1.165, 1.54) is 0 Å². The van der Waals surface area contributed by atoms with E-state index in [1.807, 2.05) is 6.07 Å². The number of hydrogen-bond acceptors (Lipinski definition) is 3. The van der Waals surface area contributed by atoms with Crippen LogP contribution in [0.5, 0.6) is 0 Å². The molecule has 1 aromatic carbocycles. The molecule has 0 bridgehead atoms. The quantitative estimate of drug-likeness (QED) is 0.886. The molecule has 1 amide bonds. The van der Waals surface area contributed by atoms with Crippen LogP contribution in [0.25, 0.3) is 0 Å². The van der Waals surface area contributed by atoms with E-state index in [1.54, 1.807) is 42.7 Å². The SMILES string of the molecule is N#Cc1cccc(CNC(=O)c2ccncc2)c1. The van der Waals surface area contributed by atoms with Crippen molar-refractivity contribution in [1.29, 1.82) is 5.26 Å². The number of carbonyl (C=O) groups excluding carboxylic acids is 1. The van der Waals surface area contributed by atoms with Crippen LogP contribution in [0.3, 0.4) is 0 Å². The van der Waals surface area contributed by atoms with E-state index >= 15 is 0 Å². The first-order valence-electron chi connectivity index (χ1n) is 5.47. The van der Waals surface area contributed by atoms with Crippen molar-refractivity contribution < 1.29 is 4.79 Å². The molecule has 0 fully saturated rings. The van der Waals surface area contributed by atoms with Gasteiger partial charge < -0.3 is 5.32 Å². The van der Waals surface area contributed by atoms with Gasteiger partial charge in [-0.15, -0.1) is 0 Å². The molecule has 4 nitrogen and oxygen atoms in total. The lowest BCUT2D eigenvalue weighted by molar-refractivity contribution is 0.0951. The van der Waals surface area contributed by atoms with Gasteiger partial charge in [0.15, 0.2) is 0 Å². The molecule has 0 saturated heterocycles. The fourth-order valence-electron chi connectivity index (χ4n) is 1.54. The van der Waals surface area contributed by atoms with Crippen LogP contribution in [0.15, 0.2) is 48.8 Å². The van der Waals surface area contributed by atoms with Gasteiger partial charge in [0.1, 0.15) is 0 Å². The highest BCUT2D eigenvalue weighted by molar-refractivity contribution is 5.93. The first-order chi connectivity index (χ1) is 8.79. The zero-order valence-electron chi connectivity index (χ0n) is 9.63. The molecule has 0 atom stereocenters. The van der Waals surface area contributed by atoms with Gasteiger partial charge in [-0.1, -0.05) is 12.1 Å². The van der Waals surface area contributed by atoms with Crippen molar-refractivity contribution in [2.75, 3.05) is 0 Å². The predicted molar refractivity (Wildman–Crippen MR) is 66.6 cm³/mol. The standard InChI is InChI=1S/C14H11N3O/c15-9-11-2-1-3-12(8-11)10-17-14(18)13-4-6-16-7-5-13/h1-8H,10H2,(H,17,18). The fourth-order valence-corrected chi connectivity index (χ4v) is 1.54. The molecule has 1 heterocycles. The average molecular weight is 237 g/mol. The summed E-state index contributed by atoms with van der Waals surface area (Å²) in [5.74, 6) is -0.153. The second kappa shape index (κ2) is 5.60. The van der Waals surface area contributed by atoms with Crippen molar-refractivity contribution in [2.24, 2.45) is 0 Å². The molecular weight excluding hydrogens is 226 g/mol. The number of nitrogens with one attached hydrogen (secondary N) is 1. The maximum Gasteiger partial charge on any atom is 0.251 e. The number of aromatic nitrogens is 1. The molecule has 0 aliphatic rings. The van der Waals surface area contributed by atoms with E-state index in [-0.39, 0.29) is 5.91 Å². The van der Waals surface area contributed by atoms with Crippen LogP contribution in [0.4, 0.5) is 0 Å². The first kappa shape index (κ1) is 11.8. The van der Waals surface area contributed by atoms with E-state index in [0.29, 0.717) is 17.7 Å². The van der Waals surface area contributed by atoms with Crippen molar-refractivity contribution >= 4 is 5.91 Å². The molecule has 1 aromatic heterocycles.